The highest BCUT2D eigenvalue weighted by Crippen LogP contribution is 2.27. The van der Waals surface area contributed by atoms with E-state index in [1.807, 2.05) is 4.90 Å². The van der Waals surface area contributed by atoms with Crippen molar-refractivity contribution >= 4 is 11.8 Å². The molecule has 0 spiro atoms. The lowest BCUT2D eigenvalue weighted by molar-refractivity contribution is -0.131. The number of likely N-dealkylation sites (tertiary alicyclic amines) is 1. The Morgan fingerprint density at radius 3 is 2.40 bits per heavy atom. The van der Waals surface area contributed by atoms with E-state index in [1.54, 1.807) is 16.8 Å². The summed E-state index contributed by atoms with van der Waals surface area (Å²) < 4.78 is 15.1. The number of amides is 2. The van der Waals surface area contributed by atoms with Crippen molar-refractivity contribution in [2.75, 3.05) is 19.6 Å². The standard InChI is InChI=1S/C23H29FN4O2/c24-17-9-11-18(12-10-17)28-20-8-4-3-7-19(20)22(26-28)23(30)25-14-13-21(29)27-15-5-1-2-6-16-27/h9-12H,1-8,13-16H2,(H,25,30). The summed E-state index contributed by atoms with van der Waals surface area (Å²) in [5.74, 6) is -0.430. The van der Waals surface area contributed by atoms with Crippen molar-refractivity contribution < 1.29 is 14.0 Å². The van der Waals surface area contributed by atoms with Crippen LogP contribution in [-0.4, -0.2) is 46.1 Å². The molecule has 2 heterocycles. The topological polar surface area (TPSA) is 67.2 Å². The summed E-state index contributed by atoms with van der Waals surface area (Å²) in [5.41, 5.74) is 3.18. The number of halogens is 1. The van der Waals surface area contributed by atoms with Gasteiger partial charge >= 0.3 is 0 Å². The van der Waals surface area contributed by atoms with E-state index in [-0.39, 0.29) is 17.6 Å². The second-order valence-electron chi connectivity index (χ2n) is 8.17. The van der Waals surface area contributed by atoms with Crippen molar-refractivity contribution in [1.29, 1.82) is 0 Å². The van der Waals surface area contributed by atoms with Gasteiger partial charge in [-0.15, -0.1) is 0 Å². The molecule has 2 aromatic rings. The van der Waals surface area contributed by atoms with Gasteiger partial charge in [0.2, 0.25) is 5.91 Å². The third-order valence-corrected chi connectivity index (χ3v) is 6.05. The average molecular weight is 413 g/mol. The van der Waals surface area contributed by atoms with E-state index in [1.165, 1.54) is 25.0 Å². The van der Waals surface area contributed by atoms with Crippen LogP contribution < -0.4 is 5.32 Å². The van der Waals surface area contributed by atoms with Gasteiger partial charge in [0.15, 0.2) is 5.69 Å². The minimum atomic E-state index is -0.299. The van der Waals surface area contributed by atoms with Gasteiger partial charge in [0.05, 0.1) is 5.69 Å². The van der Waals surface area contributed by atoms with E-state index in [4.69, 9.17) is 0 Å². The Labute approximate surface area is 176 Å². The molecule has 0 saturated carbocycles. The van der Waals surface area contributed by atoms with E-state index in [0.29, 0.717) is 18.7 Å². The predicted octanol–water partition coefficient (Wildman–Crippen LogP) is 3.41. The van der Waals surface area contributed by atoms with Crippen molar-refractivity contribution in [3.05, 3.63) is 47.0 Å². The van der Waals surface area contributed by atoms with Crippen LogP contribution in [0.3, 0.4) is 0 Å². The summed E-state index contributed by atoms with van der Waals surface area (Å²) in [6.07, 6.45) is 8.53. The first-order chi connectivity index (χ1) is 14.6. The molecule has 1 aromatic carbocycles. The Morgan fingerprint density at radius 2 is 1.67 bits per heavy atom. The number of hydrogen-bond donors (Lipinski definition) is 1. The van der Waals surface area contributed by atoms with Gasteiger partial charge in [0.1, 0.15) is 5.82 Å². The van der Waals surface area contributed by atoms with Gasteiger partial charge in [-0.05, 0) is 62.8 Å². The van der Waals surface area contributed by atoms with Crippen LogP contribution in [-0.2, 0) is 17.6 Å². The average Bonchev–Trinajstić information content (AvgIpc) is 2.94. The summed E-state index contributed by atoms with van der Waals surface area (Å²) in [6, 6.07) is 6.17. The quantitative estimate of drug-likeness (QED) is 0.818. The normalized spacial score (nSPS) is 16.6. The van der Waals surface area contributed by atoms with Gasteiger partial charge in [-0.25, -0.2) is 9.07 Å². The van der Waals surface area contributed by atoms with Gasteiger partial charge < -0.3 is 10.2 Å². The molecule has 7 heteroatoms. The molecule has 4 rings (SSSR count). The molecule has 1 aliphatic carbocycles. The molecule has 1 aromatic heterocycles. The number of nitrogens with one attached hydrogen (secondary N) is 1. The number of carbonyl (C=O) groups is 2. The highest BCUT2D eigenvalue weighted by molar-refractivity contribution is 5.94. The van der Waals surface area contributed by atoms with Crippen LogP contribution in [0.5, 0.6) is 0 Å². The van der Waals surface area contributed by atoms with Gasteiger partial charge in [0.25, 0.3) is 5.91 Å². The third-order valence-electron chi connectivity index (χ3n) is 6.05. The third kappa shape index (κ3) is 4.55. The van der Waals surface area contributed by atoms with Crippen LogP contribution in [0.15, 0.2) is 24.3 Å². The van der Waals surface area contributed by atoms with Crippen LogP contribution in [0, 0.1) is 5.82 Å². The molecule has 1 fully saturated rings. The first-order valence-electron chi connectivity index (χ1n) is 11.1. The van der Waals surface area contributed by atoms with E-state index < -0.39 is 0 Å². The number of nitrogens with zero attached hydrogens (tertiary/aromatic N) is 3. The number of benzene rings is 1. The molecule has 0 radical (unpaired) electrons. The number of aromatic nitrogens is 2. The molecular weight excluding hydrogens is 383 g/mol. The predicted molar refractivity (Wildman–Crippen MR) is 112 cm³/mol. The van der Waals surface area contributed by atoms with Gasteiger partial charge in [0, 0.05) is 37.3 Å². The van der Waals surface area contributed by atoms with Crippen molar-refractivity contribution in [2.24, 2.45) is 0 Å². The zero-order valence-electron chi connectivity index (χ0n) is 17.3. The number of carbonyl (C=O) groups excluding carboxylic acids is 2. The molecule has 1 saturated heterocycles. The van der Waals surface area contributed by atoms with Crippen molar-refractivity contribution in [3.8, 4) is 5.69 Å². The molecule has 1 aliphatic heterocycles. The molecule has 2 aliphatic rings. The molecule has 6 nitrogen and oxygen atoms in total. The Bertz CT molecular complexity index is 899. The summed E-state index contributed by atoms with van der Waals surface area (Å²) in [7, 11) is 0. The Balaban J connectivity index is 1.43. The SMILES string of the molecule is O=C(NCCC(=O)N1CCCCCC1)c1nn(-c2ccc(F)cc2)c2c1CCCC2. The van der Waals surface area contributed by atoms with Gasteiger partial charge in [-0.3, -0.25) is 9.59 Å². The fourth-order valence-corrected chi connectivity index (χ4v) is 4.42. The molecule has 0 bridgehead atoms. The van der Waals surface area contributed by atoms with Crippen LogP contribution in [0.25, 0.3) is 5.69 Å². The van der Waals surface area contributed by atoms with Crippen LogP contribution >= 0.6 is 0 Å². The second kappa shape index (κ2) is 9.41. The maximum Gasteiger partial charge on any atom is 0.272 e. The molecule has 160 valence electrons. The summed E-state index contributed by atoms with van der Waals surface area (Å²) in [4.78, 5) is 27.2. The summed E-state index contributed by atoms with van der Waals surface area (Å²) in [6.45, 7) is 1.96. The monoisotopic (exact) mass is 412 g/mol. The molecule has 0 unspecified atom stereocenters. The summed E-state index contributed by atoms with van der Waals surface area (Å²) in [5, 5.41) is 7.46. The first kappa shape index (κ1) is 20.6. The number of fused-ring (bicyclic) bond motifs is 1. The minimum absolute atomic E-state index is 0.107. The fourth-order valence-electron chi connectivity index (χ4n) is 4.42. The Morgan fingerprint density at radius 1 is 0.967 bits per heavy atom. The lowest BCUT2D eigenvalue weighted by Gasteiger charge is -2.20. The van der Waals surface area contributed by atoms with Crippen molar-refractivity contribution in [2.45, 2.75) is 57.8 Å². The maximum absolute atomic E-state index is 13.3. The largest absolute Gasteiger partial charge is 0.350 e. The lowest BCUT2D eigenvalue weighted by atomic mass is 9.95. The Hall–Kier alpha value is -2.70. The molecule has 2 amide bonds. The molecule has 30 heavy (non-hydrogen) atoms. The van der Waals surface area contributed by atoms with E-state index in [9.17, 15) is 14.0 Å². The van der Waals surface area contributed by atoms with E-state index >= 15 is 0 Å². The number of hydrogen-bond acceptors (Lipinski definition) is 3. The van der Waals surface area contributed by atoms with E-state index in [0.717, 1.165) is 68.6 Å². The molecule has 0 atom stereocenters. The fraction of sp³-hybridized carbons (Fsp3) is 0.522. The first-order valence-corrected chi connectivity index (χ1v) is 11.1. The van der Waals surface area contributed by atoms with Crippen molar-refractivity contribution in [3.63, 3.8) is 0 Å². The highest BCUT2D eigenvalue weighted by Gasteiger charge is 2.25. The van der Waals surface area contributed by atoms with Gasteiger partial charge in [-0.1, -0.05) is 12.8 Å². The zero-order chi connectivity index (χ0) is 20.9. The van der Waals surface area contributed by atoms with Crippen LogP contribution in [0.4, 0.5) is 4.39 Å². The van der Waals surface area contributed by atoms with Crippen molar-refractivity contribution in [1.82, 2.24) is 20.0 Å². The maximum atomic E-state index is 13.3. The van der Waals surface area contributed by atoms with E-state index in [2.05, 4.69) is 10.4 Å². The zero-order valence-corrected chi connectivity index (χ0v) is 17.3. The number of rotatable bonds is 5. The van der Waals surface area contributed by atoms with Gasteiger partial charge in [-0.2, -0.15) is 5.10 Å². The minimum Gasteiger partial charge on any atom is -0.350 e. The molecule has 1 N–H and O–H groups in total. The molecular formula is C23H29FN4O2. The van der Waals surface area contributed by atoms with Crippen LogP contribution in [0.2, 0.25) is 0 Å². The van der Waals surface area contributed by atoms with Crippen LogP contribution in [0.1, 0.15) is 66.7 Å². The highest BCUT2D eigenvalue weighted by atomic mass is 19.1. The summed E-state index contributed by atoms with van der Waals surface area (Å²) >= 11 is 0. The second-order valence-corrected chi connectivity index (χ2v) is 8.17. The Kier molecular flexibility index (Phi) is 6.45. The lowest BCUT2D eigenvalue weighted by Crippen LogP contribution is -2.35. The smallest absolute Gasteiger partial charge is 0.272 e.